The Bertz CT molecular complexity index is 311. The first-order valence-corrected chi connectivity index (χ1v) is 6.30. The van der Waals surface area contributed by atoms with Crippen molar-refractivity contribution in [1.29, 1.82) is 0 Å². The molecule has 4 N–H and O–H groups in total. The van der Waals surface area contributed by atoms with E-state index < -0.39 is 15.4 Å². The van der Waals surface area contributed by atoms with E-state index in [9.17, 15) is 13.2 Å². The summed E-state index contributed by atoms with van der Waals surface area (Å²) in [6, 6.07) is 0. The molecule has 0 fully saturated rings. The maximum Gasteiger partial charge on any atom is 0.226 e. The normalized spacial score (nSPS) is 12.5. The number of carbonyl (C=O) groups excluding carboxylic acids is 1. The molecule has 90 valence electrons. The van der Waals surface area contributed by atoms with Gasteiger partial charge in [0.25, 0.3) is 0 Å². The van der Waals surface area contributed by atoms with Gasteiger partial charge in [-0.1, -0.05) is 0 Å². The highest BCUT2D eigenvalue weighted by atomic mass is 32.2. The van der Waals surface area contributed by atoms with Crippen molar-refractivity contribution in [1.82, 2.24) is 10.0 Å². The zero-order chi connectivity index (χ0) is 12.1. The second-order valence-corrected chi connectivity index (χ2v) is 5.91. The van der Waals surface area contributed by atoms with Crippen molar-refractivity contribution < 1.29 is 13.2 Å². The summed E-state index contributed by atoms with van der Waals surface area (Å²) in [6.45, 7) is 3.72. The highest BCUT2D eigenvalue weighted by Gasteiger charge is 2.25. The first-order chi connectivity index (χ1) is 6.75. The fourth-order valence-corrected chi connectivity index (χ4v) is 1.31. The number of carbonyl (C=O) groups is 1. The molecule has 0 aliphatic heterocycles. The summed E-state index contributed by atoms with van der Waals surface area (Å²) in [6.07, 6.45) is 0. The molecule has 0 spiro atoms. The third-order valence-corrected chi connectivity index (χ3v) is 3.46. The summed E-state index contributed by atoms with van der Waals surface area (Å²) in [7, 11) is -1.93. The molecule has 0 aliphatic rings. The standard InChI is InChI=1S/C8H19N3O3S/c1-8(2,6-9)7(12)11-4-5-15(13,14)10-3/h10H,4-6,9H2,1-3H3,(H,11,12). The Hall–Kier alpha value is -0.660. The molecule has 1 amide bonds. The third-order valence-electron chi connectivity index (χ3n) is 2.09. The van der Waals surface area contributed by atoms with Crippen LogP contribution in [0.3, 0.4) is 0 Å². The Morgan fingerprint density at radius 3 is 2.33 bits per heavy atom. The highest BCUT2D eigenvalue weighted by Crippen LogP contribution is 2.11. The topological polar surface area (TPSA) is 101 Å². The van der Waals surface area contributed by atoms with Crippen LogP contribution in [0.15, 0.2) is 0 Å². The highest BCUT2D eigenvalue weighted by molar-refractivity contribution is 7.89. The lowest BCUT2D eigenvalue weighted by Gasteiger charge is -2.21. The first-order valence-electron chi connectivity index (χ1n) is 4.65. The van der Waals surface area contributed by atoms with Crippen LogP contribution in [-0.4, -0.2) is 40.2 Å². The minimum absolute atomic E-state index is 0.0887. The molecule has 0 aromatic carbocycles. The fourth-order valence-electron chi connectivity index (χ4n) is 0.733. The van der Waals surface area contributed by atoms with Gasteiger partial charge >= 0.3 is 0 Å². The lowest BCUT2D eigenvalue weighted by Crippen LogP contribution is -2.43. The smallest absolute Gasteiger partial charge is 0.226 e. The molecule has 0 rings (SSSR count). The van der Waals surface area contributed by atoms with Crippen LogP contribution in [0.4, 0.5) is 0 Å². The summed E-state index contributed by atoms with van der Waals surface area (Å²) >= 11 is 0. The molecule has 7 heteroatoms. The van der Waals surface area contributed by atoms with Gasteiger partial charge in [0.2, 0.25) is 15.9 Å². The van der Waals surface area contributed by atoms with Crippen molar-refractivity contribution >= 4 is 15.9 Å². The van der Waals surface area contributed by atoms with E-state index in [1.54, 1.807) is 13.8 Å². The van der Waals surface area contributed by atoms with Crippen molar-refractivity contribution in [2.24, 2.45) is 11.1 Å². The summed E-state index contributed by atoms with van der Waals surface area (Å²) in [5.74, 6) is -0.369. The molecular weight excluding hydrogens is 218 g/mol. The quantitative estimate of drug-likeness (QED) is 0.531. The molecule has 0 saturated carbocycles. The second kappa shape index (κ2) is 5.43. The summed E-state index contributed by atoms with van der Waals surface area (Å²) in [5.41, 5.74) is 4.74. The Morgan fingerprint density at radius 1 is 1.40 bits per heavy atom. The van der Waals surface area contributed by atoms with E-state index in [2.05, 4.69) is 10.0 Å². The molecule has 15 heavy (non-hydrogen) atoms. The van der Waals surface area contributed by atoms with Gasteiger partial charge in [0.1, 0.15) is 0 Å². The van der Waals surface area contributed by atoms with Crippen LogP contribution >= 0.6 is 0 Å². The molecule has 0 aliphatic carbocycles. The number of rotatable bonds is 6. The van der Waals surface area contributed by atoms with Gasteiger partial charge in [-0.25, -0.2) is 13.1 Å². The van der Waals surface area contributed by atoms with Gasteiger partial charge in [0.05, 0.1) is 11.2 Å². The van der Waals surface area contributed by atoms with E-state index >= 15 is 0 Å². The molecule has 0 aromatic heterocycles. The van der Waals surface area contributed by atoms with E-state index in [0.717, 1.165) is 0 Å². The number of amides is 1. The number of nitrogens with one attached hydrogen (secondary N) is 2. The Kier molecular flexibility index (Phi) is 5.19. The predicted molar refractivity (Wildman–Crippen MR) is 58.7 cm³/mol. The van der Waals surface area contributed by atoms with Gasteiger partial charge in [-0.3, -0.25) is 4.79 Å². The van der Waals surface area contributed by atoms with E-state index in [4.69, 9.17) is 5.73 Å². The van der Waals surface area contributed by atoms with Crippen molar-refractivity contribution in [2.75, 3.05) is 25.9 Å². The third kappa shape index (κ3) is 5.10. The second-order valence-electron chi connectivity index (χ2n) is 3.87. The first kappa shape index (κ1) is 14.3. The van der Waals surface area contributed by atoms with Gasteiger partial charge in [-0.05, 0) is 20.9 Å². The number of hydrogen-bond donors (Lipinski definition) is 3. The minimum atomic E-state index is -3.26. The van der Waals surface area contributed by atoms with Crippen LogP contribution in [0.25, 0.3) is 0 Å². The average Bonchev–Trinajstić information content (AvgIpc) is 2.17. The Balaban J connectivity index is 4.04. The molecule has 0 atom stereocenters. The van der Waals surface area contributed by atoms with Crippen LogP contribution < -0.4 is 15.8 Å². The van der Waals surface area contributed by atoms with Gasteiger partial charge in [0, 0.05) is 13.1 Å². The van der Waals surface area contributed by atoms with E-state index in [1.165, 1.54) is 7.05 Å². The molecule has 0 unspecified atom stereocenters. The maximum atomic E-state index is 11.5. The van der Waals surface area contributed by atoms with E-state index in [-0.39, 0.29) is 24.7 Å². The fraction of sp³-hybridized carbons (Fsp3) is 0.875. The Labute approximate surface area is 90.7 Å². The number of nitrogens with two attached hydrogens (primary N) is 1. The van der Waals surface area contributed by atoms with Crippen LogP contribution in [0.1, 0.15) is 13.8 Å². The van der Waals surface area contributed by atoms with Gasteiger partial charge in [0.15, 0.2) is 0 Å². The zero-order valence-corrected chi connectivity index (χ0v) is 10.1. The molecule has 0 radical (unpaired) electrons. The van der Waals surface area contributed by atoms with Gasteiger partial charge < -0.3 is 11.1 Å². The summed E-state index contributed by atoms with van der Waals surface area (Å²) in [4.78, 5) is 11.5. The van der Waals surface area contributed by atoms with Crippen LogP contribution in [-0.2, 0) is 14.8 Å². The number of sulfonamides is 1. The monoisotopic (exact) mass is 237 g/mol. The molecule has 0 heterocycles. The van der Waals surface area contributed by atoms with Crippen LogP contribution in [0, 0.1) is 5.41 Å². The zero-order valence-electron chi connectivity index (χ0n) is 9.33. The molecule has 0 aromatic rings. The van der Waals surface area contributed by atoms with Crippen LogP contribution in [0.2, 0.25) is 0 Å². The number of hydrogen-bond acceptors (Lipinski definition) is 4. The Morgan fingerprint density at radius 2 is 1.93 bits per heavy atom. The minimum Gasteiger partial charge on any atom is -0.355 e. The molecular formula is C8H19N3O3S. The van der Waals surface area contributed by atoms with Gasteiger partial charge in [-0.15, -0.1) is 0 Å². The van der Waals surface area contributed by atoms with E-state index in [0.29, 0.717) is 0 Å². The summed E-state index contributed by atoms with van der Waals surface area (Å²) < 4.78 is 24.2. The van der Waals surface area contributed by atoms with E-state index in [1.807, 2.05) is 0 Å². The van der Waals surface area contributed by atoms with Crippen LogP contribution in [0.5, 0.6) is 0 Å². The molecule has 0 saturated heterocycles. The van der Waals surface area contributed by atoms with Crippen molar-refractivity contribution in [3.63, 3.8) is 0 Å². The van der Waals surface area contributed by atoms with Crippen molar-refractivity contribution in [3.8, 4) is 0 Å². The predicted octanol–water partition coefficient (Wildman–Crippen LogP) is -1.36. The largest absolute Gasteiger partial charge is 0.355 e. The molecule has 0 bridgehead atoms. The van der Waals surface area contributed by atoms with Crippen molar-refractivity contribution in [3.05, 3.63) is 0 Å². The average molecular weight is 237 g/mol. The SMILES string of the molecule is CNS(=O)(=O)CCNC(=O)C(C)(C)CN. The van der Waals surface area contributed by atoms with Crippen molar-refractivity contribution in [2.45, 2.75) is 13.8 Å². The lowest BCUT2D eigenvalue weighted by atomic mass is 9.93. The summed E-state index contributed by atoms with van der Waals surface area (Å²) in [5, 5.41) is 2.53. The van der Waals surface area contributed by atoms with Gasteiger partial charge in [-0.2, -0.15) is 0 Å². The lowest BCUT2D eigenvalue weighted by molar-refractivity contribution is -0.128. The maximum absolute atomic E-state index is 11.5. The molecule has 6 nitrogen and oxygen atoms in total.